The second-order valence-corrected chi connectivity index (χ2v) is 7.03. The van der Waals surface area contributed by atoms with Gasteiger partial charge in [0.1, 0.15) is 18.0 Å². The molecule has 0 radical (unpaired) electrons. The summed E-state index contributed by atoms with van der Waals surface area (Å²) in [5.74, 6) is 0.775. The normalized spacial score (nSPS) is 25.4. The van der Waals surface area contributed by atoms with Gasteiger partial charge in [0.15, 0.2) is 0 Å². The van der Waals surface area contributed by atoms with E-state index < -0.39 is 5.60 Å². The Kier molecular flexibility index (Phi) is 5.93. The summed E-state index contributed by atoms with van der Waals surface area (Å²) in [5, 5.41) is 10.9. The van der Waals surface area contributed by atoms with Gasteiger partial charge in [-0.2, -0.15) is 0 Å². The molecule has 0 saturated carbocycles. The van der Waals surface area contributed by atoms with Crippen molar-refractivity contribution in [1.29, 1.82) is 0 Å². The summed E-state index contributed by atoms with van der Waals surface area (Å²) >= 11 is 0. The molecule has 2 heterocycles. The van der Waals surface area contributed by atoms with E-state index in [2.05, 4.69) is 0 Å². The number of aliphatic hydroxyl groups is 1. The van der Waals surface area contributed by atoms with Gasteiger partial charge in [0.25, 0.3) is 0 Å². The predicted octanol–water partition coefficient (Wildman–Crippen LogP) is 1.39. The molecule has 3 rings (SSSR count). The molecule has 2 saturated heterocycles. The number of carbonyl (C=O) groups excluding carboxylic acids is 1. The first kappa shape index (κ1) is 18.2. The van der Waals surface area contributed by atoms with E-state index in [1.54, 1.807) is 4.90 Å². The summed E-state index contributed by atoms with van der Waals surface area (Å²) in [6, 6.07) is 7.69. The molecule has 0 spiro atoms. The van der Waals surface area contributed by atoms with Crippen LogP contribution >= 0.6 is 0 Å². The quantitative estimate of drug-likeness (QED) is 0.890. The highest BCUT2D eigenvalue weighted by Gasteiger charge is 2.37. The van der Waals surface area contributed by atoms with Crippen molar-refractivity contribution in [3.05, 3.63) is 29.8 Å². The number of ether oxygens (including phenoxy) is 3. The Bertz CT molecular complexity index is 587. The van der Waals surface area contributed by atoms with Crippen LogP contribution in [0.15, 0.2) is 24.3 Å². The Balaban J connectivity index is 1.62. The molecular formula is C19H27NO5. The lowest BCUT2D eigenvalue weighted by Gasteiger charge is -2.33. The number of nitrogens with zero attached hydrogens (tertiary/aromatic N) is 1. The van der Waals surface area contributed by atoms with E-state index in [1.807, 2.05) is 31.2 Å². The lowest BCUT2D eigenvalue weighted by Crippen LogP contribution is -2.51. The summed E-state index contributed by atoms with van der Waals surface area (Å²) in [6.07, 6.45) is 1.49. The van der Waals surface area contributed by atoms with Gasteiger partial charge in [0, 0.05) is 25.7 Å². The number of aryl methyl sites for hydroxylation is 1. The Morgan fingerprint density at radius 1 is 1.32 bits per heavy atom. The van der Waals surface area contributed by atoms with Gasteiger partial charge in [-0.05, 0) is 37.5 Å². The van der Waals surface area contributed by atoms with Gasteiger partial charge in [0.2, 0.25) is 5.91 Å². The van der Waals surface area contributed by atoms with Gasteiger partial charge in [-0.25, -0.2) is 0 Å². The Morgan fingerprint density at radius 2 is 2.12 bits per heavy atom. The SMILES string of the molecule is Cc1cccc(OCC2(O)COCCN(C(=O)C3CCOCC3)C2)c1. The van der Waals surface area contributed by atoms with Gasteiger partial charge in [0.05, 0.1) is 19.8 Å². The molecule has 2 aliphatic rings. The van der Waals surface area contributed by atoms with Gasteiger partial charge >= 0.3 is 0 Å². The highest BCUT2D eigenvalue weighted by molar-refractivity contribution is 5.79. The zero-order valence-electron chi connectivity index (χ0n) is 14.8. The minimum atomic E-state index is -1.21. The number of hydrogen-bond acceptors (Lipinski definition) is 5. The van der Waals surface area contributed by atoms with Crippen molar-refractivity contribution in [2.24, 2.45) is 5.92 Å². The number of β-amino-alcohol motifs (C(OH)–C–C–N with tert-alkyl or cyclic N) is 1. The smallest absolute Gasteiger partial charge is 0.226 e. The van der Waals surface area contributed by atoms with Crippen molar-refractivity contribution in [2.45, 2.75) is 25.4 Å². The molecule has 1 N–H and O–H groups in total. The molecular weight excluding hydrogens is 322 g/mol. The standard InChI is InChI=1S/C19H27NO5/c1-15-3-2-4-17(11-15)25-14-19(22)12-20(7-10-24-13-19)18(21)16-5-8-23-9-6-16/h2-4,11,16,22H,5-10,12-14H2,1H3. The number of hydrogen-bond donors (Lipinski definition) is 1. The van der Waals surface area contributed by atoms with Crippen molar-refractivity contribution >= 4 is 5.91 Å². The third kappa shape index (κ3) is 4.93. The fourth-order valence-electron chi connectivity index (χ4n) is 3.32. The van der Waals surface area contributed by atoms with Gasteiger partial charge in [-0.1, -0.05) is 12.1 Å². The van der Waals surface area contributed by atoms with Crippen molar-refractivity contribution in [3.8, 4) is 5.75 Å². The summed E-state index contributed by atoms with van der Waals surface area (Å²) in [7, 11) is 0. The lowest BCUT2D eigenvalue weighted by atomic mass is 9.97. The molecule has 2 fully saturated rings. The molecule has 6 nitrogen and oxygen atoms in total. The fourth-order valence-corrected chi connectivity index (χ4v) is 3.32. The average molecular weight is 349 g/mol. The monoisotopic (exact) mass is 349 g/mol. The Morgan fingerprint density at radius 3 is 2.88 bits per heavy atom. The van der Waals surface area contributed by atoms with Gasteiger partial charge in [-0.15, -0.1) is 0 Å². The summed E-state index contributed by atoms with van der Waals surface area (Å²) in [4.78, 5) is 14.5. The van der Waals surface area contributed by atoms with E-state index in [0.29, 0.717) is 32.1 Å². The molecule has 0 bridgehead atoms. The van der Waals surface area contributed by atoms with E-state index in [-0.39, 0.29) is 31.6 Å². The van der Waals surface area contributed by atoms with Gasteiger partial charge in [-0.3, -0.25) is 4.79 Å². The second-order valence-electron chi connectivity index (χ2n) is 7.03. The van der Waals surface area contributed by atoms with E-state index in [9.17, 15) is 9.90 Å². The van der Waals surface area contributed by atoms with Crippen molar-refractivity contribution in [1.82, 2.24) is 4.90 Å². The molecule has 1 aromatic carbocycles. The summed E-state index contributed by atoms with van der Waals surface area (Å²) in [6.45, 7) is 4.66. The third-order valence-corrected chi connectivity index (χ3v) is 4.74. The van der Waals surface area contributed by atoms with E-state index in [0.717, 1.165) is 18.4 Å². The first-order chi connectivity index (χ1) is 12.1. The number of carbonyl (C=O) groups is 1. The largest absolute Gasteiger partial charge is 0.490 e. The highest BCUT2D eigenvalue weighted by Crippen LogP contribution is 2.22. The number of rotatable bonds is 4. The lowest BCUT2D eigenvalue weighted by molar-refractivity contribution is -0.142. The molecule has 1 aromatic rings. The molecule has 1 unspecified atom stereocenters. The maximum atomic E-state index is 12.8. The Hall–Kier alpha value is -1.63. The van der Waals surface area contributed by atoms with Crippen LogP contribution in [0.3, 0.4) is 0 Å². The van der Waals surface area contributed by atoms with Crippen LogP contribution in [0.2, 0.25) is 0 Å². The van der Waals surface area contributed by atoms with Gasteiger partial charge < -0.3 is 24.2 Å². The van der Waals surface area contributed by atoms with E-state index in [1.165, 1.54) is 0 Å². The minimum Gasteiger partial charge on any atom is -0.490 e. The number of amides is 1. The predicted molar refractivity (Wildman–Crippen MR) is 92.6 cm³/mol. The third-order valence-electron chi connectivity index (χ3n) is 4.74. The zero-order valence-corrected chi connectivity index (χ0v) is 14.8. The molecule has 2 aliphatic heterocycles. The van der Waals surface area contributed by atoms with Crippen LogP contribution in [0.4, 0.5) is 0 Å². The van der Waals surface area contributed by atoms with Crippen molar-refractivity contribution < 1.29 is 24.1 Å². The minimum absolute atomic E-state index is 0.0196. The van der Waals surface area contributed by atoms with Crippen molar-refractivity contribution in [3.63, 3.8) is 0 Å². The molecule has 1 amide bonds. The first-order valence-corrected chi connectivity index (χ1v) is 8.92. The first-order valence-electron chi connectivity index (χ1n) is 8.92. The van der Waals surface area contributed by atoms with Crippen LogP contribution in [-0.4, -0.2) is 67.6 Å². The van der Waals surface area contributed by atoms with Crippen LogP contribution in [0.5, 0.6) is 5.75 Å². The Labute approximate surface area is 148 Å². The van der Waals surface area contributed by atoms with Crippen LogP contribution in [0, 0.1) is 12.8 Å². The molecule has 0 aliphatic carbocycles. The summed E-state index contributed by atoms with van der Waals surface area (Å²) in [5.41, 5.74) is -0.112. The second kappa shape index (κ2) is 8.17. The molecule has 6 heteroatoms. The van der Waals surface area contributed by atoms with Crippen LogP contribution in [0.1, 0.15) is 18.4 Å². The molecule has 0 aromatic heterocycles. The van der Waals surface area contributed by atoms with E-state index >= 15 is 0 Å². The van der Waals surface area contributed by atoms with Crippen LogP contribution in [-0.2, 0) is 14.3 Å². The van der Waals surface area contributed by atoms with Crippen LogP contribution in [0.25, 0.3) is 0 Å². The number of benzene rings is 1. The molecule has 1 atom stereocenters. The molecule has 25 heavy (non-hydrogen) atoms. The van der Waals surface area contributed by atoms with Crippen molar-refractivity contribution in [2.75, 3.05) is 46.1 Å². The maximum Gasteiger partial charge on any atom is 0.226 e. The molecule has 138 valence electrons. The topological polar surface area (TPSA) is 68.2 Å². The highest BCUT2D eigenvalue weighted by atomic mass is 16.5. The summed E-state index contributed by atoms with van der Waals surface area (Å²) < 4.78 is 16.6. The van der Waals surface area contributed by atoms with E-state index in [4.69, 9.17) is 14.2 Å². The zero-order chi connectivity index (χ0) is 17.7. The fraction of sp³-hybridized carbons (Fsp3) is 0.632. The maximum absolute atomic E-state index is 12.8. The van der Waals surface area contributed by atoms with Crippen LogP contribution < -0.4 is 4.74 Å². The average Bonchev–Trinajstić information content (AvgIpc) is 2.83.